The fourth-order valence-electron chi connectivity index (χ4n) is 3.34. The number of ether oxygens (including phenoxy) is 3. The maximum absolute atomic E-state index is 10.6. The Kier molecular flexibility index (Phi) is 5.77. The van der Waals surface area contributed by atoms with Gasteiger partial charge in [0, 0.05) is 19.0 Å². The number of hydrogen-bond donors (Lipinski definition) is 5. The van der Waals surface area contributed by atoms with E-state index in [9.17, 15) is 10.2 Å². The van der Waals surface area contributed by atoms with Crippen LogP contribution in [-0.2, 0) is 6.54 Å². The zero-order valence-electron chi connectivity index (χ0n) is 17.5. The highest BCUT2D eigenvalue weighted by Gasteiger charge is 2.26. The Morgan fingerprint density at radius 1 is 0.967 bits per heavy atom. The normalized spacial score (nSPS) is 10.7. The molecule has 10 nitrogen and oxygen atoms in total. The highest BCUT2D eigenvalue weighted by atomic mass is 16.5. The Labute approximate surface area is 173 Å². The van der Waals surface area contributed by atoms with Gasteiger partial charge < -0.3 is 40.8 Å². The number of rotatable bonds is 7. The fourth-order valence-corrected chi connectivity index (χ4v) is 3.34. The summed E-state index contributed by atoms with van der Waals surface area (Å²) in [5.41, 5.74) is 8.65. The molecule has 0 saturated carbocycles. The molecular weight excluding hydrogens is 390 g/mol. The van der Waals surface area contributed by atoms with Gasteiger partial charge in [0.05, 0.1) is 26.8 Å². The minimum atomic E-state index is -0.299. The lowest BCUT2D eigenvalue weighted by atomic mass is 10.0. The van der Waals surface area contributed by atoms with Crippen molar-refractivity contribution in [3.8, 4) is 28.7 Å². The van der Waals surface area contributed by atoms with Gasteiger partial charge in [-0.25, -0.2) is 4.98 Å². The van der Waals surface area contributed by atoms with Crippen LogP contribution in [0.3, 0.4) is 0 Å². The molecule has 1 heterocycles. The quantitative estimate of drug-likeness (QED) is 0.365. The molecule has 0 amide bonds. The SMILES string of the molecule is CNc1nc(N)c2c(C)c(CNc3c(O)c(OC)c(OC)c(OC)c3O)ccc2n1. The Balaban J connectivity index is 2.02. The topological polar surface area (TPSA) is 144 Å². The number of nitrogens with one attached hydrogen (secondary N) is 2. The second-order valence-electron chi connectivity index (χ2n) is 6.45. The molecule has 0 atom stereocenters. The largest absolute Gasteiger partial charge is 0.503 e. The first kappa shape index (κ1) is 20.9. The van der Waals surface area contributed by atoms with Crippen molar-refractivity contribution < 1.29 is 24.4 Å². The van der Waals surface area contributed by atoms with Crippen molar-refractivity contribution in [3.05, 3.63) is 23.3 Å². The molecule has 30 heavy (non-hydrogen) atoms. The Morgan fingerprint density at radius 2 is 1.57 bits per heavy atom. The molecule has 0 aliphatic heterocycles. The molecule has 0 fully saturated rings. The number of anilines is 3. The lowest BCUT2D eigenvalue weighted by Gasteiger charge is -2.19. The van der Waals surface area contributed by atoms with Gasteiger partial charge in [-0.2, -0.15) is 4.98 Å². The molecule has 0 unspecified atom stereocenters. The number of methoxy groups -OCH3 is 3. The first-order chi connectivity index (χ1) is 14.4. The van der Waals surface area contributed by atoms with Gasteiger partial charge in [-0.3, -0.25) is 0 Å². The van der Waals surface area contributed by atoms with E-state index in [1.165, 1.54) is 21.3 Å². The number of aryl methyl sites for hydroxylation is 1. The predicted octanol–water partition coefficient (Wildman–Crippen LogP) is 2.61. The van der Waals surface area contributed by atoms with E-state index >= 15 is 0 Å². The molecule has 0 aliphatic carbocycles. The highest BCUT2D eigenvalue weighted by Crippen LogP contribution is 2.55. The summed E-state index contributed by atoms with van der Waals surface area (Å²) in [5.74, 6) is 0.386. The van der Waals surface area contributed by atoms with Gasteiger partial charge in [-0.15, -0.1) is 0 Å². The average Bonchev–Trinajstić information content (AvgIpc) is 2.74. The van der Waals surface area contributed by atoms with E-state index in [1.54, 1.807) is 7.05 Å². The Morgan fingerprint density at radius 3 is 2.10 bits per heavy atom. The molecule has 1 aromatic heterocycles. The van der Waals surface area contributed by atoms with Crippen molar-refractivity contribution >= 4 is 28.4 Å². The molecule has 3 rings (SSSR count). The number of nitrogen functional groups attached to an aromatic ring is 1. The molecular formula is C20H25N5O5. The number of phenols is 2. The van der Waals surface area contributed by atoms with Gasteiger partial charge in [-0.05, 0) is 24.1 Å². The number of benzene rings is 2. The standard InChI is InChI=1S/C20H25N5O5/c1-9-10(6-7-11-12(9)19(21)25-20(22-2)24-11)8-23-13-14(26)16(28-3)18(30-5)17(29-4)15(13)27/h6-7,23,26-27H,8H2,1-5H3,(H3,21,22,24,25). The molecule has 0 aliphatic rings. The summed E-state index contributed by atoms with van der Waals surface area (Å²) in [7, 11) is 5.87. The van der Waals surface area contributed by atoms with Crippen LogP contribution in [-0.4, -0.2) is 48.6 Å². The number of phenolic OH excluding ortho intramolecular Hbond substituents is 2. The third kappa shape index (κ3) is 3.36. The molecule has 3 aromatic rings. The van der Waals surface area contributed by atoms with Crippen LogP contribution in [0.4, 0.5) is 17.5 Å². The first-order valence-corrected chi connectivity index (χ1v) is 9.09. The second kappa shape index (κ2) is 8.27. The van der Waals surface area contributed by atoms with Crippen molar-refractivity contribution in [2.24, 2.45) is 0 Å². The zero-order chi connectivity index (χ0) is 22.0. The predicted molar refractivity (Wildman–Crippen MR) is 115 cm³/mol. The molecule has 10 heteroatoms. The Hall–Kier alpha value is -3.82. The minimum absolute atomic E-state index is 0.0436. The fraction of sp³-hybridized carbons (Fsp3) is 0.300. The van der Waals surface area contributed by atoms with Crippen LogP contribution >= 0.6 is 0 Å². The Bertz CT molecular complexity index is 1070. The van der Waals surface area contributed by atoms with Gasteiger partial charge in [-0.1, -0.05) is 6.07 Å². The van der Waals surface area contributed by atoms with Crippen LogP contribution in [0, 0.1) is 6.92 Å². The maximum atomic E-state index is 10.6. The third-order valence-electron chi connectivity index (χ3n) is 4.87. The smallest absolute Gasteiger partial charge is 0.224 e. The summed E-state index contributed by atoms with van der Waals surface area (Å²) in [4.78, 5) is 8.66. The molecule has 0 saturated heterocycles. The van der Waals surface area contributed by atoms with Crippen LogP contribution < -0.4 is 30.6 Å². The summed E-state index contributed by atoms with van der Waals surface area (Å²) < 4.78 is 15.7. The summed E-state index contributed by atoms with van der Waals surface area (Å²) >= 11 is 0. The van der Waals surface area contributed by atoms with Crippen LogP contribution in [0.1, 0.15) is 11.1 Å². The highest BCUT2D eigenvalue weighted by molar-refractivity contribution is 5.93. The molecule has 160 valence electrons. The number of aromatic nitrogens is 2. The van der Waals surface area contributed by atoms with Crippen LogP contribution in [0.2, 0.25) is 0 Å². The van der Waals surface area contributed by atoms with E-state index in [1.807, 2.05) is 19.1 Å². The van der Waals surface area contributed by atoms with Crippen molar-refractivity contribution in [1.29, 1.82) is 0 Å². The van der Waals surface area contributed by atoms with Crippen LogP contribution in [0.15, 0.2) is 12.1 Å². The molecule has 0 radical (unpaired) electrons. The maximum Gasteiger partial charge on any atom is 0.224 e. The van der Waals surface area contributed by atoms with Gasteiger partial charge in [0.2, 0.25) is 23.2 Å². The number of aromatic hydroxyl groups is 2. The summed E-state index contributed by atoms with van der Waals surface area (Å²) in [6.45, 7) is 2.18. The second-order valence-corrected chi connectivity index (χ2v) is 6.45. The minimum Gasteiger partial charge on any atom is -0.503 e. The van der Waals surface area contributed by atoms with Crippen LogP contribution in [0.5, 0.6) is 28.7 Å². The van der Waals surface area contributed by atoms with Crippen molar-refractivity contribution in [1.82, 2.24) is 9.97 Å². The van der Waals surface area contributed by atoms with Gasteiger partial charge in [0.15, 0.2) is 11.5 Å². The third-order valence-corrected chi connectivity index (χ3v) is 4.87. The molecule has 6 N–H and O–H groups in total. The van der Waals surface area contributed by atoms with Crippen LogP contribution in [0.25, 0.3) is 10.9 Å². The molecule has 2 aromatic carbocycles. The average molecular weight is 415 g/mol. The first-order valence-electron chi connectivity index (χ1n) is 9.09. The van der Waals surface area contributed by atoms with Gasteiger partial charge in [0.25, 0.3) is 0 Å². The lowest BCUT2D eigenvalue weighted by Crippen LogP contribution is -2.07. The van der Waals surface area contributed by atoms with E-state index in [0.717, 1.165) is 16.5 Å². The van der Waals surface area contributed by atoms with Crippen molar-refractivity contribution in [2.75, 3.05) is 44.7 Å². The monoisotopic (exact) mass is 415 g/mol. The summed E-state index contributed by atoms with van der Waals surface area (Å²) in [6, 6.07) is 3.73. The number of hydrogen-bond acceptors (Lipinski definition) is 10. The zero-order valence-corrected chi connectivity index (χ0v) is 17.5. The van der Waals surface area contributed by atoms with Gasteiger partial charge in [0.1, 0.15) is 11.5 Å². The van der Waals surface area contributed by atoms with Crippen molar-refractivity contribution in [2.45, 2.75) is 13.5 Å². The lowest BCUT2D eigenvalue weighted by molar-refractivity contribution is 0.299. The summed E-state index contributed by atoms with van der Waals surface area (Å²) in [6.07, 6.45) is 0. The van der Waals surface area contributed by atoms with E-state index in [-0.39, 0.29) is 41.0 Å². The van der Waals surface area contributed by atoms with E-state index in [4.69, 9.17) is 19.9 Å². The van der Waals surface area contributed by atoms with Crippen molar-refractivity contribution in [3.63, 3.8) is 0 Å². The number of nitrogens with zero attached hydrogens (tertiary/aromatic N) is 2. The van der Waals surface area contributed by atoms with E-state index < -0.39 is 0 Å². The molecule has 0 spiro atoms. The number of fused-ring (bicyclic) bond motifs is 1. The molecule has 0 bridgehead atoms. The van der Waals surface area contributed by atoms with Gasteiger partial charge >= 0.3 is 0 Å². The van der Waals surface area contributed by atoms with E-state index in [2.05, 4.69) is 20.6 Å². The summed E-state index contributed by atoms with van der Waals surface area (Å²) in [5, 5.41) is 27.8. The number of nitrogens with two attached hydrogens (primary N) is 1. The van der Waals surface area contributed by atoms with E-state index in [0.29, 0.717) is 17.3 Å².